The predicted octanol–water partition coefficient (Wildman–Crippen LogP) is 9.43. The van der Waals surface area contributed by atoms with Crippen LogP contribution in [0.1, 0.15) is 70.7 Å². The van der Waals surface area contributed by atoms with Gasteiger partial charge in [-0.05, 0) is 58.4 Å². The molecule has 8 heteroatoms. The predicted molar refractivity (Wildman–Crippen MR) is 207 cm³/mol. The molecule has 0 radical (unpaired) electrons. The lowest BCUT2D eigenvalue weighted by Gasteiger charge is -2.34. The van der Waals surface area contributed by atoms with Crippen molar-refractivity contribution in [3.05, 3.63) is 185 Å². The Morgan fingerprint density at radius 1 is 0.736 bits per heavy atom. The van der Waals surface area contributed by atoms with Crippen molar-refractivity contribution in [1.82, 2.24) is 25.2 Å². The van der Waals surface area contributed by atoms with E-state index >= 15 is 0 Å². The minimum atomic E-state index is -0.873. The summed E-state index contributed by atoms with van der Waals surface area (Å²) < 4.78 is 11.6. The highest BCUT2D eigenvalue weighted by molar-refractivity contribution is 5.94. The van der Waals surface area contributed by atoms with E-state index in [1.165, 1.54) is 0 Å². The van der Waals surface area contributed by atoms with Gasteiger partial charge in [0.25, 0.3) is 0 Å². The molecule has 0 aliphatic heterocycles. The van der Waals surface area contributed by atoms with Crippen LogP contribution in [-0.2, 0) is 16.9 Å². The maximum Gasteiger partial charge on any atom is 0.343 e. The Kier molecular flexibility index (Phi) is 10.2. The number of hydrogen-bond acceptors (Lipinski definition) is 7. The molecule has 264 valence electrons. The SMILES string of the molecule is CCOC(=O)c1c(OCc2ccc(-c3ccccc3-c3nnn(C(c4ccccc4)(c4ccccc4)c4ccccc4)n3)cc2)cc(C)nc1C(C)C. The normalized spacial score (nSPS) is 11.4. The number of aryl methyl sites for hydroxylation is 1. The molecule has 0 saturated carbocycles. The zero-order valence-electron chi connectivity index (χ0n) is 30.3. The Hall–Kier alpha value is -6.41. The average molecular weight is 700 g/mol. The number of carbonyl (C=O) groups excluding carboxylic acids is 1. The van der Waals surface area contributed by atoms with Crippen molar-refractivity contribution in [2.24, 2.45) is 0 Å². The van der Waals surface area contributed by atoms with Crippen LogP contribution in [0.3, 0.4) is 0 Å². The van der Waals surface area contributed by atoms with E-state index in [1.54, 1.807) is 17.8 Å². The molecule has 2 heterocycles. The molecule has 2 aromatic heterocycles. The van der Waals surface area contributed by atoms with Crippen LogP contribution >= 0.6 is 0 Å². The van der Waals surface area contributed by atoms with E-state index < -0.39 is 11.5 Å². The van der Waals surface area contributed by atoms with Crippen LogP contribution in [0.4, 0.5) is 0 Å². The second-order valence-electron chi connectivity index (χ2n) is 13.1. The minimum Gasteiger partial charge on any atom is -0.488 e. The number of rotatable bonds is 12. The van der Waals surface area contributed by atoms with Crippen LogP contribution in [0, 0.1) is 6.92 Å². The zero-order chi connectivity index (χ0) is 36.8. The number of ether oxygens (including phenoxy) is 2. The Morgan fingerprint density at radius 3 is 1.83 bits per heavy atom. The topological polar surface area (TPSA) is 92.0 Å². The first-order valence-corrected chi connectivity index (χ1v) is 17.9. The van der Waals surface area contributed by atoms with Crippen molar-refractivity contribution in [1.29, 1.82) is 0 Å². The molecule has 0 aliphatic carbocycles. The van der Waals surface area contributed by atoms with Crippen LogP contribution in [0.2, 0.25) is 0 Å². The van der Waals surface area contributed by atoms with Crippen molar-refractivity contribution in [3.8, 4) is 28.3 Å². The first-order valence-electron chi connectivity index (χ1n) is 17.9. The highest BCUT2D eigenvalue weighted by Crippen LogP contribution is 2.40. The van der Waals surface area contributed by atoms with Gasteiger partial charge >= 0.3 is 5.97 Å². The molecule has 0 saturated heterocycles. The highest BCUT2D eigenvalue weighted by atomic mass is 16.5. The van der Waals surface area contributed by atoms with Gasteiger partial charge in [0.05, 0.1) is 12.3 Å². The lowest BCUT2D eigenvalue weighted by Crippen LogP contribution is -2.39. The van der Waals surface area contributed by atoms with E-state index in [4.69, 9.17) is 24.9 Å². The molecule has 0 bridgehead atoms. The first-order chi connectivity index (χ1) is 25.9. The van der Waals surface area contributed by atoms with E-state index in [1.807, 2.05) is 106 Å². The molecule has 7 rings (SSSR count). The van der Waals surface area contributed by atoms with Crippen molar-refractivity contribution < 1.29 is 14.3 Å². The molecule has 53 heavy (non-hydrogen) atoms. The maximum absolute atomic E-state index is 13.0. The number of pyridine rings is 1. The van der Waals surface area contributed by atoms with E-state index in [-0.39, 0.29) is 19.1 Å². The van der Waals surface area contributed by atoms with E-state index in [2.05, 4.69) is 59.6 Å². The lowest BCUT2D eigenvalue weighted by molar-refractivity contribution is 0.0518. The second kappa shape index (κ2) is 15.5. The van der Waals surface area contributed by atoms with Crippen molar-refractivity contribution in [2.75, 3.05) is 6.61 Å². The second-order valence-corrected chi connectivity index (χ2v) is 13.1. The Bertz CT molecular complexity index is 2210. The summed E-state index contributed by atoms with van der Waals surface area (Å²) >= 11 is 0. The van der Waals surface area contributed by atoms with Gasteiger partial charge in [0.1, 0.15) is 17.9 Å². The minimum absolute atomic E-state index is 0.0264. The molecule has 0 N–H and O–H groups in total. The molecule has 5 aromatic carbocycles. The summed E-state index contributed by atoms with van der Waals surface area (Å²) in [6, 6.07) is 49.0. The number of esters is 1. The third kappa shape index (κ3) is 6.96. The van der Waals surface area contributed by atoms with Crippen LogP contribution < -0.4 is 4.74 Å². The molecule has 0 amide bonds. The number of benzene rings is 5. The summed E-state index contributed by atoms with van der Waals surface area (Å²) in [5, 5.41) is 14.6. The summed E-state index contributed by atoms with van der Waals surface area (Å²) in [7, 11) is 0. The van der Waals surface area contributed by atoms with Gasteiger partial charge in [-0.25, -0.2) is 4.79 Å². The molecule has 0 atom stereocenters. The van der Waals surface area contributed by atoms with Crippen LogP contribution in [0.25, 0.3) is 22.5 Å². The van der Waals surface area contributed by atoms with Crippen molar-refractivity contribution >= 4 is 5.97 Å². The molecule has 0 fully saturated rings. The Morgan fingerprint density at radius 2 is 1.28 bits per heavy atom. The van der Waals surface area contributed by atoms with Gasteiger partial charge in [0.15, 0.2) is 5.54 Å². The number of hydrogen-bond donors (Lipinski definition) is 0. The van der Waals surface area contributed by atoms with Gasteiger partial charge < -0.3 is 9.47 Å². The fraction of sp³-hybridized carbons (Fsp3) is 0.178. The van der Waals surface area contributed by atoms with E-state index in [9.17, 15) is 4.79 Å². The molecule has 0 unspecified atom stereocenters. The zero-order valence-corrected chi connectivity index (χ0v) is 30.3. The first kappa shape index (κ1) is 35.0. The number of aromatic nitrogens is 5. The third-order valence-electron chi connectivity index (χ3n) is 9.28. The number of tetrazole rings is 1. The van der Waals surface area contributed by atoms with Crippen LogP contribution in [0.5, 0.6) is 5.75 Å². The molecule has 7 aromatic rings. The summed E-state index contributed by atoms with van der Waals surface area (Å²) in [6.07, 6.45) is 0. The standard InChI is InChI=1S/C45H41N5O3/c1-5-52-44(51)41-40(29-32(4)46-42(41)31(2)3)53-30-33-25-27-34(28-26-33)38-23-15-16-24-39(38)43-47-49-50(48-43)45(35-17-9-6-10-18-35,36-19-11-7-12-20-36)37-21-13-8-14-22-37/h6-29,31H,5,30H2,1-4H3. The third-order valence-corrected chi connectivity index (χ3v) is 9.28. The summed E-state index contributed by atoms with van der Waals surface area (Å²) in [5.41, 5.74) is 7.79. The highest BCUT2D eigenvalue weighted by Gasteiger charge is 2.41. The van der Waals surface area contributed by atoms with E-state index in [0.717, 1.165) is 44.6 Å². The van der Waals surface area contributed by atoms with Crippen LogP contribution in [0.15, 0.2) is 146 Å². The van der Waals surface area contributed by atoms with Gasteiger partial charge in [-0.1, -0.05) is 153 Å². The molecular formula is C45H41N5O3. The van der Waals surface area contributed by atoms with Crippen molar-refractivity contribution in [3.63, 3.8) is 0 Å². The number of carbonyl (C=O) groups is 1. The van der Waals surface area contributed by atoms with E-state index in [0.29, 0.717) is 22.8 Å². The fourth-order valence-corrected chi connectivity index (χ4v) is 6.83. The summed E-state index contributed by atoms with van der Waals surface area (Å²) in [6.45, 7) is 8.25. The summed E-state index contributed by atoms with van der Waals surface area (Å²) in [4.78, 5) is 19.4. The Balaban J connectivity index is 1.23. The van der Waals surface area contributed by atoms with Gasteiger partial charge in [0.2, 0.25) is 5.82 Å². The Labute approximate surface area is 310 Å². The quantitative estimate of drug-likeness (QED) is 0.0927. The smallest absolute Gasteiger partial charge is 0.343 e. The molecule has 0 aliphatic rings. The largest absolute Gasteiger partial charge is 0.488 e. The number of nitrogens with zero attached hydrogens (tertiary/aromatic N) is 5. The lowest BCUT2D eigenvalue weighted by atomic mass is 9.77. The van der Waals surface area contributed by atoms with Crippen LogP contribution in [-0.4, -0.2) is 37.8 Å². The van der Waals surface area contributed by atoms with Crippen molar-refractivity contribution in [2.45, 2.75) is 45.8 Å². The molecule has 8 nitrogen and oxygen atoms in total. The molecular weight excluding hydrogens is 659 g/mol. The van der Waals surface area contributed by atoms with Gasteiger partial charge in [-0.2, -0.15) is 0 Å². The van der Waals surface area contributed by atoms with Gasteiger partial charge in [-0.3, -0.25) is 4.98 Å². The maximum atomic E-state index is 13.0. The van der Waals surface area contributed by atoms with Gasteiger partial charge in [-0.15, -0.1) is 15.0 Å². The summed E-state index contributed by atoms with van der Waals surface area (Å²) in [5.74, 6) is 0.588. The average Bonchev–Trinajstić information content (AvgIpc) is 3.69. The fourth-order valence-electron chi connectivity index (χ4n) is 6.83. The molecule has 0 spiro atoms. The van der Waals surface area contributed by atoms with Gasteiger partial charge in [0, 0.05) is 17.3 Å². The monoisotopic (exact) mass is 699 g/mol.